The van der Waals surface area contributed by atoms with Crippen LogP contribution < -0.4 is 5.73 Å². The zero-order chi connectivity index (χ0) is 35.6. The van der Waals surface area contributed by atoms with E-state index in [0.29, 0.717) is 18.6 Å². The molecule has 46 heavy (non-hydrogen) atoms. The number of hydrogen-bond donors (Lipinski definition) is 6. The van der Waals surface area contributed by atoms with Crippen LogP contribution in [0.3, 0.4) is 0 Å². The van der Waals surface area contributed by atoms with Crippen molar-refractivity contribution in [3.05, 3.63) is 0 Å². The maximum Gasteiger partial charge on any atom is 0.303 e. The Morgan fingerprint density at radius 1 is 0.804 bits per heavy atom. The van der Waals surface area contributed by atoms with Gasteiger partial charge in [-0.1, -0.05) is 0 Å². The van der Waals surface area contributed by atoms with Gasteiger partial charge < -0.3 is 49.8 Å². The second-order valence-electron chi connectivity index (χ2n) is 10.2. The average molecular weight is 698 g/mol. The second-order valence-corrected chi connectivity index (χ2v) is 12.6. The first kappa shape index (κ1) is 43.3. The largest absolute Gasteiger partial charge is 0.484 e. The summed E-state index contributed by atoms with van der Waals surface area (Å²) >= 11 is 2.51. The van der Waals surface area contributed by atoms with Gasteiger partial charge in [-0.3, -0.25) is 24.6 Å². The summed E-state index contributed by atoms with van der Waals surface area (Å²) in [4.78, 5) is 46.0. The monoisotopic (exact) mass is 697 g/mol. The predicted molar refractivity (Wildman–Crippen MR) is 168 cm³/mol. The maximum absolute atomic E-state index is 11.6. The molecule has 10 unspecified atom stereocenters. The molecule has 0 aliphatic heterocycles. The van der Waals surface area contributed by atoms with Crippen LogP contribution in [0.5, 0.6) is 0 Å². The number of thioether (sulfide) groups is 2. The Balaban J connectivity index is 0.000000913. The van der Waals surface area contributed by atoms with Crippen molar-refractivity contribution < 1.29 is 63.3 Å². The molecule has 7 N–H and O–H groups in total. The highest BCUT2D eigenvalue weighted by molar-refractivity contribution is 8.00. The molecule has 264 valence electrons. The van der Waals surface area contributed by atoms with E-state index >= 15 is 0 Å². The van der Waals surface area contributed by atoms with Gasteiger partial charge in [0, 0.05) is 56.6 Å². The minimum atomic E-state index is -1.25. The molecule has 2 fully saturated rings. The van der Waals surface area contributed by atoms with Crippen LogP contribution in [-0.2, 0) is 42.9 Å². The molecule has 0 saturated heterocycles. The number of esters is 4. The summed E-state index contributed by atoms with van der Waals surface area (Å²) in [6, 6.07) is 2.00. The lowest BCUT2D eigenvalue weighted by atomic mass is 9.82. The fourth-order valence-corrected chi connectivity index (χ4v) is 7.11. The van der Waals surface area contributed by atoms with E-state index in [0.717, 1.165) is 0 Å². The Morgan fingerprint density at radius 3 is 1.80 bits per heavy atom. The van der Waals surface area contributed by atoms with E-state index in [1.807, 2.05) is 6.07 Å². The van der Waals surface area contributed by atoms with Gasteiger partial charge in [-0.15, -0.1) is 23.5 Å². The first-order chi connectivity index (χ1) is 21.7. The molecule has 0 aromatic rings. The summed E-state index contributed by atoms with van der Waals surface area (Å²) in [5.41, 5.74) is 4.50. The number of nitrogens with two attached hydrogens (primary N) is 1. The van der Waals surface area contributed by atoms with Crippen LogP contribution in [0.25, 0.3) is 0 Å². The van der Waals surface area contributed by atoms with E-state index in [9.17, 15) is 34.5 Å². The number of hydrogen-bond acceptors (Lipinski definition) is 18. The van der Waals surface area contributed by atoms with Gasteiger partial charge in [0.25, 0.3) is 0 Å². The molecule has 0 amide bonds. The quantitative estimate of drug-likeness (QED) is 0.0679. The van der Waals surface area contributed by atoms with Crippen LogP contribution in [-0.4, -0.2) is 136 Å². The number of methoxy groups -OCH3 is 1. The van der Waals surface area contributed by atoms with Gasteiger partial charge in [0.05, 0.1) is 43.5 Å². The molecular weight excluding hydrogens is 650 g/mol. The number of nitrogens with one attached hydrogen (secondary N) is 1. The van der Waals surface area contributed by atoms with Crippen LogP contribution >= 0.6 is 23.5 Å². The van der Waals surface area contributed by atoms with E-state index in [-0.39, 0.29) is 30.1 Å². The lowest BCUT2D eigenvalue weighted by molar-refractivity contribution is -0.198. The molecule has 16 nitrogen and oxygen atoms in total. The molecular formula is C28H47N3O13S2. The maximum atomic E-state index is 11.6. The third kappa shape index (κ3) is 14.8. The normalized spacial score (nSPS) is 30.0. The Hall–Kier alpha value is -2.66. The van der Waals surface area contributed by atoms with Crippen molar-refractivity contribution in [3.8, 4) is 6.07 Å². The lowest BCUT2D eigenvalue weighted by Gasteiger charge is -2.44. The van der Waals surface area contributed by atoms with Gasteiger partial charge in [-0.05, 0) is 19.9 Å². The van der Waals surface area contributed by atoms with Crippen LogP contribution in [0.2, 0.25) is 0 Å². The SMILES string of the molecule is CC(=O)OCC1CC(SCC#N)C(OC(C)=O)C(OC(C)=O)C1OC(C)=O.CN.COC(=N)CSC1CC(CO)C(O)C(O)C1O. The highest BCUT2D eigenvalue weighted by Crippen LogP contribution is 2.38. The highest BCUT2D eigenvalue weighted by Gasteiger charge is 2.51. The molecule has 2 aliphatic carbocycles. The standard InChI is InChI=1S/C17H23NO8S.C10H19NO5S.CH5N/c1-9(19)23-8-13-7-14(27-6-5-18)16(25-11(3)21)17(26-12(4)22)15(13)24-10(2)20;1-16-7(11)4-17-6-2-5(3-12)8(13)10(15)9(6)14;1-2/h13-17H,6-8H2,1-4H3;5-6,8-15H,2-4H2,1H3;2H2,1H3. The van der Waals surface area contributed by atoms with Crippen LogP contribution in [0, 0.1) is 28.6 Å². The summed E-state index contributed by atoms with van der Waals surface area (Å²) in [7, 11) is 2.90. The molecule has 0 heterocycles. The summed E-state index contributed by atoms with van der Waals surface area (Å²) in [5, 5.41) is 53.6. The Bertz CT molecular complexity index is 1030. The van der Waals surface area contributed by atoms with Crippen molar-refractivity contribution in [3.63, 3.8) is 0 Å². The fourth-order valence-electron chi connectivity index (χ4n) is 4.81. The summed E-state index contributed by atoms with van der Waals surface area (Å²) in [6.07, 6.45) is -5.64. The minimum absolute atomic E-state index is 0.0680. The number of carbonyl (C=O) groups is 4. The molecule has 0 aromatic carbocycles. The van der Waals surface area contributed by atoms with Gasteiger partial charge in [-0.2, -0.15) is 5.26 Å². The van der Waals surface area contributed by atoms with Gasteiger partial charge >= 0.3 is 23.9 Å². The summed E-state index contributed by atoms with van der Waals surface area (Å²) in [5.74, 6) is -2.81. The third-order valence-electron chi connectivity index (χ3n) is 6.79. The van der Waals surface area contributed by atoms with Crippen molar-refractivity contribution >= 4 is 53.3 Å². The van der Waals surface area contributed by atoms with Crippen LogP contribution in [0.15, 0.2) is 0 Å². The van der Waals surface area contributed by atoms with E-state index in [2.05, 4.69) is 5.73 Å². The number of rotatable bonds is 11. The zero-order valence-corrected chi connectivity index (χ0v) is 28.5. The Morgan fingerprint density at radius 2 is 1.33 bits per heavy atom. The third-order valence-corrected chi connectivity index (χ3v) is 9.30. The number of carbonyl (C=O) groups excluding carboxylic acids is 4. The molecule has 2 saturated carbocycles. The average Bonchev–Trinajstić information content (AvgIpc) is 3.00. The fraction of sp³-hybridized carbons (Fsp3) is 0.786. The molecule has 2 aliphatic rings. The highest BCUT2D eigenvalue weighted by atomic mass is 32.2. The van der Waals surface area contributed by atoms with Crippen molar-refractivity contribution in [2.24, 2.45) is 17.6 Å². The Labute approximate surface area is 277 Å². The lowest BCUT2D eigenvalue weighted by Crippen LogP contribution is -2.58. The van der Waals surface area contributed by atoms with Crippen molar-refractivity contribution in [2.45, 2.75) is 87.7 Å². The van der Waals surface area contributed by atoms with Gasteiger partial charge in [0.15, 0.2) is 18.1 Å². The summed E-state index contributed by atoms with van der Waals surface area (Å²) in [6.45, 7) is 4.54. The van der Waals surface area contributed by atoms with Crippen molar-refractivity contribution in [1.82, 2.24) is 0 Å². The van der Waals surface area contributed by atoms with Gasteiger partial charge in [-0.25, -0.2) is 0 Å². The topological polar surface area (TPSA) is 269 Å². The number of aliphatic hydroxyl groups is 4. The zero-order valence-electron chi connectivity index (χ0n) is 26.8. The van der Waals surface area contributed by atoms with E-state index in [1.165, 1.54) is 65.4 Å². The van der Waals surface area contributed by atoms with Gasteiger partial charge in [0.1, 0.15) is 12.2 Å². The smallest absolute Gasteiger partial charge is 0.303 e. The minimum Gasteiger partial charge on any atom is -0.484 e. The second kappa shape index (κ2) is 22.8. The molecule has 0 aromatic heterocycles. The molecule has 18 heteroatoms. The number of ether oxygens (including phenoxy) is 5. The molecule has 0 bridgehead atoms. The summed E-state index contributed by atoms with van der Waals surface area (Å²) < 4.78 is 25.8. The molecule has 10 atom stereocenters. The van der Waals surface area contributed by atoms with Gasteiger partial charge in [0.2, 0.25) is 0 Å². The van der Waals surface area contributed by atoms with Crippen LogP contribution in [0.1, 0.15) is 40.5 Å². The van der Waals surface area contributed by atoms with E-state index in [1.54, 1.807) is 0 Å². The predicted octanol–water partition coefficient (Wildman–Crippen LogP) is -0.628. The van der Waals surface area contributed by atoms with Crippen LogP contribution in [0.4, 0.5) is 0 Å². The van der Waals surface area contributed by atoms with E-state index in [4.69, 9.17) is 39.5 Å². The van der Waals surface area contributed by atoms with Crippen molar-refractivity contribution in [1.29, 1.82) is 10.7 Å². The Kier molecular flexibility index (Phi) is 21.5. The first-order valence-corrected chi connectivity index (χ1v) is 16.4. The number of aliphatic hydroxyl groups excluding tert-OH is 4. The first-order valence-electron chi connectivity index (χ1n) is 14.3. The molecule has 2 rings (SSSR count). The number of nitriles is 1. The number of nitrogens with zero attached hydrogens (tertiary/aromatic N) is 1. The van der Waals surface area contributed by atoms with Crippen molar-refractivity contribution in [2.75, 3.05) is 38.9 Å². The van der Waals surface area contributed by atoms with E-state index < -0.39 is 77.6 Å². The molecule has 0 spiro atoms. The molecule has 0 radical (unpaired) electrons.